The highest BCUT2D eigenvalue weighted by Gasteiger charge is 2.51. The minimum absolute atomic E-state index is 0.0250. The lowest BCUT2D eigenvalue weighted by molar-refractivity contribution is -0.140. The molecule has 150 valence electrons. The minimum atomic E-state index is -4.84. The number of fused-ring (bicyclic) bond motifs is 2. The minimum Gasteiger partial charge on any atom is -0.444 e. The molecule has 0 aliphatic carbocycles. The van der Waals surface area contributed by atoms with Crippen LogP contribution in [0.3, 0.4) is 0 Å². The highest BCUT2D eigenvalue weighted by atomic mass is 19.4. The van der Waals surface area contributed by atoms with Gasteiger partial charge in [0.15, 0.2) is 0 Å². The number of aliphatic hydroxyl groups is 1. The van der Waals surface area contributed by atoms with E-state index in [9.17, 15) is 27.5 Å². The molecule has 2 bridgehead atoms. The van der Waals surface area contributed by atoms with Gasteiger partial charge < -0.3 is 14.7 Å². The molecule has 1 aromatic carbocycles. The summed E-state index contributed by atoms with van der Waals surface area (Å²) in [6.45, 7) is 5.26. The first-order valence-electron chi connectivity index (χ1n) is 8.91. The lowest BCUT2D eigenvalue weighted by atomic mass is 9.80. The Balaban J connectivity index is 1.86. The molecule has 2 heterocycles. The fourth-order valence-electron chi connectivity index (χ4n) is 4.11. The predicted molar refractivity (Wildman–Crippen MR) is 89.4 cm³/mol. The van der Waals surface area contributed by atoms with Crippen molar-refractivity contribution in [3.8, 4) is 0 Å². The predicted octanol–water partition coefficient (Wildman–Crippen LogP) is 4.59. The van der Waals surface area contributed by atoms with E-state index in [0.29, 0.717) is 18.9 Å². The highest BCUT2D eigenvalue weighted by Crippen LogP contribution is 2.47. The van der Waals surface area contributed by atoms with E-state index in [1.165, 1.54) is 6.07 Å². The number of ether oxygens (including phenoxy) is 1. The second-order valence-electron chi connectivity index (χ2n) is 8.40. The molecule has 1 N–H and O–H groups in total. The molecule has 2 atom stereocenters. The molecule has 2 aliphatic heterocycles. The molecule has 1 aromatic rings. The summed E-state index contributed by atoms with van der Waals surface area (Å²) in [4.78, 5) is 14.1. The molecule has 2 unspecified atom stereocenters. The van der Waals surface area contributed by atoms with E-state index in [1.54, 1.807) is 25.7 Å². The number of nitrogens with zero attached hydrogens (tertiary/aromatic N) is 1. The van der Waals surface area contributed by atoms with Crippen molar-refractivity contribution in [2.24, 2.45) is 0 Å². The summed E-state index contributed by atoms with van der Waals surface area (Å²) in [5.74, 6) is -1.37. The van der Waals surface area contributed by atoms with Crippen molar-refractivity contribution in [1.29, 1.82) is 0 Å². The van der Waals surface area contributed by atoms with Crippen LogP contribution in [0, 0.1) is 5.82 Å². The van der Waals surface area contributed by atoms with Gasteiger partial charge in [0.2, 0.25) is 0 Å². The summed E-state index contributed by atoms with van der Waals surface area (Å²) >= 11 is 0. The molecular formula is C19H23F4NO3. The molecule has 2 aliphatic rings. The van der Waals surface area contributed by atoms with Crippen molar-refractivity contribution in [2.75, 3.05) is 0 Å². The van der Waals surface area contributed by atoms with E-state index in [4.69, 9.17) is 4.74 Å². The average molecular weight is 389 g/mol. The summed E-state index contributed by atoms with van der Waals surface area (Å²) in [5.41, 5.74) is -3.58. The first kappa shape index (κ1) is 19.9. The van der Waals surface area contributed by atoms with Gasteiger partial charge in [0.05, 0.1) is 11.2 Å². The van der Waals surface area contributed by atoms with E-state index in [-0.39, 0.29) is 30.5 Å². The van der Waals surface area contributed by atoms with Crippen LogP contribution in [0.2, 0.25) is 0 Å². The Bertz CT molecular complexity index is 727. The van der Waals surface area contributed by atoms with Gasteiger partial charge in [-0.2, -0.15) is 13.2 Å². The van der Waals surface area contributed by atoms with E-state index in [2.05, 4.69) is 0 Å². The Hall–Kier alpha value is -1.83. The third-order valence-corrected chi connectivity index (χ3v) is 5.18. The largest absolute Gasteiger partial charge is 0.444 e. The van der Waals surface area contributed by atoms with Crippen molar-refractivity contribution in [3.63, 3.8) is 0 Å². The summed E-state index contributed by atoms with van der Waals surface area (Å²) in [5, 5.41) is 11.1. The van der Waals surface area contributed by atoms with Gasteiger partial charge in [-0.05, 0) is 51.3 Å². The van der Waals surface area contributed by atoms with E-state index in [0.717, 1.165) is 6.07 Å². The van der Waals surface area contributed by atoms with Gasteiger partial charge in [-0.25, -0.2) is 9.18 Å². The molecule has 4 nitrogen and oxygen atoms in total. The zero-order valence-electron chi connectivity index (χ0n) is 15.4. The molecule has 8 heteroatoms. The number of benzene rings is 1. The van der Waals surface area contributed by atoms with Crippen molar-refractivity contribution >= 4 is 6.09 Å². The van der Waals surface area contributed by atoms with Crippen molar-refractivity contribution in [1.82, 2.24) is 4.90 Å². The molecule has 1 amide bonds. The molecule has 27 heavy (non-hydrogen) atoms. The van der Waals surface area contributed by atoms with Crippen molar-refractivity contribution < 1.29 is 32.2 Å². The quantitative estimate of drug-likeness (QED) is 0.715. The van der Waals surface area contributed by atoms with Crippen LogP contribution in [-0.2, 0) is 16.5 Å². The molecule has 0 saturated carbocycles. The Morgan fingerprint density at radius 1 is 1.19 bits per heavy atom. The van der Waals surface area contributed by atoms with Crippen LogP contribution in [0.1, 0.15) is 57.6 Å². The molecule has 2 saturated heterocycles. The van der Waals surface area contributed by atoms with E-state index >= 15 is 0 Å². The van der Waals surface area contributed by atoms with Gasteiger partial charge in [-0.15, -0.1) is 0 Å². The maximum absolute atomic E-state index is 13.6. The number of rotatable bonds is 1. The van der Waals surface area contributed by atoms with Gasteiger partial charge in [0.1, 0.15) is 11.4 Å². The maximum atomic E-state index is 13.6. The third kappa shape index (κ3) is 3.90. The topological polar surface area (TPSA) is 49.8 Å². The smallest absolute Gasteiger partial charge is 0.419 e. The van der Waals surface area contributed by atoms with E-state index < -0.39 is 34.9 Å². The van der Waals surface area contributed by atoms with Crippen LogP contribution >= 0.6 is 0 Å². The lowest BCUT2D eigenvalue weighted by Gasteiger charge is -2.44. The molecule has 0 radical (unpaired) electrons. The van der Waals surface area contributed by atoms with Gasteiger partial charge in [0, 0.05) is 24.9 Å². The van der Waals surface area contributed by atoms with Crippen LogP contribution in [0.5, 0.6) is 0 Å². The first-order chi connectivity index (χ1) is 12.3. The fourth-order valence-corrected chi connectivity index (χ4v) is 4.11. The fraction of sp³-hybridized carbons (Fsp3) is 0.632. The summed E-state index contributed by atoms with van der Waals surface area (Å²) in [6.07, 6.45) is -3.87. The SMILES string of the molecule is CC(C)(C)OC(=O)N1C2CCC1CC(O)(c1ccc(F)c(C(F)(F)F)c1)C2. The van der Waals surface area contributed by atoms with Gasteiger partial charge in [-0.1, -0.05) is 6.07 Å². The van der Waals surface area contributed by atoms with Gasteiger partial charge >= 0.3 is 12.3 Å². The number of hydrogen-bond donors (Lipinski definition) is 1. The number of carbonyl (C=O) groups excluding carboxylic acids is 1. The molecule has 0 spiro atoms. The van der Waals surface area contributed by atoms with Crippen LogP contribution in [-0.4, -0.2) is 33.8 Å². The van der Waals surface area contributed by atoms with Crippen LogP contribution in [0.4, 0.5) is 22.4 Å². The third-order valence-electron chi connectivity index (χ3n) is 5.18. The number of halogens is 4. The normalized spacial score (nSPS) is 28.4. The van der Waals surface area contributed by atoms with Crippen LogP contribution < -0.4 is 0 Å². The van der Waals surface area contributed by atoms with Crippen LogP contribution in [0.15, 0.2) is 18.2 Å². The Morgan fingerprint density at radius 3 is 2.22 bits per heavy atom. The second-order valence-corrected chi connectivity index (χ2v) is 8.40. The molecule has 0 aromatic heterocycles. The average Bonchev–Trinajstić information content (AvgIpc) is 2.77. The number of hydrogen-bond acceptors (Lipinski definition) is 3. The Kier molecular flexibility index (Phi) is 4.69. The zero-order valence-corrected chi connectivity index (χ0v) is 15.4. The Labute approximate surface area is 155 Å². The Morgan fingerprint density at radius 2 is 1.74 bits per heavy atom. The lowest BCUT2D eigenvalue weighted by Crippen LogP contribution is -2.53. The summed E-state index contributed by atoms with van der Waals surface area (Å²) in [7, 11) is 0. The molecule has 3 rings (SSSR count). The monoisotopic (exact) mass is 389 g/mol. The first-order valence-corrected chi connectivity index (χ1v) is 8.91. The molecule has 2 fully saturated rings. The van der Waals surface area contributed by atoms with Crippen molar-refractivity contribution in [3.05, 3.63) is 35.1 Å². The molecular weight excluding hydrogens is 366 g/mol. The highest BCUT2D eigenvalue weighted by molar-refractivity contribution is 5.69. The number of alkyl halides is 3. The summed E-state index contributed by atoms with van der Waals surface area (Å²) < 4.78 is 58.1. The van der Waals surface area contributed by atoms with E-state index in [1.807, 2.05) is 0 Å². The summed E-state index contributed by atoms with van der Waals surface area (Å²) in [6, 6.07) is 1.94. The number of piperidine rings is 1. The van der Waals surface area contributed by atoms with Gasteiger partial charge in [0.25, 0.3) is 0 Å². The zero-order chi connectivity index (χ0) is 20.2. The standard InChI is InChI=1S/C19H23F4NO3/c1-17(2,3)27-16(25)24-12-5-6-13(24)10-18(26,9-12)11-4-7-15(20)14(8-11)19(21,22)23/h4,7-8,12-13,26H,5-6,9-10H2,1-3H3. The number of amides is 1. The maximum Gasteiger partial charge on any atom is 0.419 e. The second kappa shape index (κ2) is 6.36. The van der Waals surface area contributed by atoms with Gasteiger partial charge in [-0.3, -0.25) is 0 Å². The van der Waals surface area contributed by atoms with Crippen molar-refractivity contribution in [2.45, 2.75) is 75.9 Å². The van der Waals surface area contributed by atoms with Crippen LogP contribution in [0.25, 0.3) is 0 Å². The number of carbonyl (C=O) groups is 1.